The van der Waals surface area contributed by atoms with E-state index in [2.05, 4.69) is 23.2 Å². The molecule has 3 rings (SSSR count). The van der Waals surface area contributed by atoms with E-state index in [9.17, 15) is 15.8 Å². The Balaban J connectivity index is 2.26. The lowest BCUT2D eigenvalue weighted by molar-refractivity contribution is 0.378. The summed E-state index contributed by atoms with van der Waals surface area (Å²) in [4.78, 5) is 4.12. The molecule has 0 radical (unpaired) electrons. The van der Waals surface area contributed by atoms with Gasteiger partial charge in [0.2, 0.25) is 0 Å². The van der Waals surface area contributed by atoms with Crippen LogP contribution in [0.2, 0.25) is 0 Å². The molecule has 3 atom stereocenters. The van der Waals surface area contributed by atoms with Gasteiger partial charge in [-0.3, -0.25) is 4.98 Å². The van der Waals surface area contributed by atoms with Gasteiger partial charge in [0.05, 0.1) is 23.9 Å². The van der Waals surface area contributed by atoms with Crippen LogP contribution >= 0.6 is 11.8 Å². The van der Waals surface area contributed by atoms with E-state index in [1.165, 1.54) is 0 Å². The van der Waals surface area contributed by atoms with Crippen molar-refractivity contribution in [1.82, 2.24) is 4.98 Å². The lowest BCUT2D eigenvalue weighted by Crippen LogP contribution is -2.49. The maximum Gasteiger partial charge on any atom is 0.189 e. The lowest BCUT2D eigenvalue weighted by atomic mass is 9.55. The highest BCUT2D eigenvalue weighted by Gasteiger charge is 2.57. The summed E-state index contributed by atoms with van der Waals surface area (Å²) in [7, 11) is 0. The Hall–Kier alpha value is -2.62. The van der Waals surface area contributed by atoms with Crippen molar-refractivity contribution in [1.29, 1.82) is 21.2 Å². The van der Waals surface area contributed by atoms with Crippen LogP contribution in [0.25, 0.3) is 0 Å². The van der Waals surface area contributed by atoms with Crippen molar-refractivity contribution >= 4 is 17.5 Å². The van der Waals surface area contributed by atoms with E-state index in [0.717, 1.165) is 22.6 Å². The van der Waals surface area contributed by atoms with Gasteiger partial charge in [-0.05, 0) is 17.2 Å². The molecule has 0 aromatic carbocycles. The largest absolute Gasteiger partial charge is 0.305 e. The average molecular weight is 319 g/mol. The summed E-state index contributed by atoms with van der Waals surface area (Å²) in [6.45, 7) is 0. The second kappa shape index (κ2) is 5.88. The highest BCUT2D eigenvalue weighted by atomic mass is 32.2. The van der Waals surface area contributed by atoms with Gasteiger partial charge in [0, 0.05) is 35.7 Å². The number of nitrogens with zero attached hydrogens (tertiary/aromatic N) is 4. The Morgan fingerprint density at radius 2 is 2.09 bits per heavy atom. The number of nitrogens with one attached hydrogen (secondary N) is 1. The van der Waals surface area contributed by atoms with E-state index in [-0.39, 0.29) is 11.6 Å². The predicted octanol–water partition coefficient (Wildman–Crippen LogP) is 2.66. The van der Waals surface area contributed by atoms with E-state index < -0.39 is 17.3 Å². The SMILES string of the molecule is N#C[C@@H]1C(=N)C(C#N)(C#N)[C@H](c2cccnc2)[C@H]2CSCC=C12. The second-order valence-corrected chi connectivity index (χ2v) is 6.69. The molecule has 23 heavy (non-hydrogen) atoms. The number of fused-ring (bicyclic) bond motifs is 1. The summed E-state index contributed by atoms with van der Waals surface area (Å²) in [5.41, 5.74) is -0.0711. The van der Waals surface area contributed by atoms with Gasteiger partial charge in [-0.25, -0.2) is 0 Å². The first-order valence-corrected chi connectivity index (χ1v) is 8.33. The maximum atomic E-state index is 9.78. The molecule has 6 heteroatoms. The highest BCUT2D eigenvalue weighted by molar-refractivity contribution is 7.99. The van der Waals surface area contributed by atoms with Gasteiger partial charge in [-0.15, -0.1) is 0 Å². The molecule has 2 heterocycles. The Bertz CT molecular complexity index is 779. The van der Waals surface area contributed by atoms with Gasteiger partial charge in [-0.1, -0.05) is 12.1 Å². The third-order valence-electron chi connectivity index (χ3n) is 4.60. The first-order chi connectivity index (χ1) is 11.2. The number of pyridine rings is 1. The van der Waals surface area contributed by atoms with Crippen molar-refractivity contribution in [2.24, 2.45) is 17.3 Å². The minimum absolute atomic E-state index is 0.101. The Morgan fingerprint density at radius 3 is 2.70 bits per heavy atom. The normalized spacial score (nSPS) is 28.5. The summed E-state index contributed by atoms with van der Waals surface area (Å²) >= 11 is 1.72. The molecule has 1 aromatic heterocycles. The van der Waals surface area contributed by atoms with Gasteiger partial charge in [0.1, 0.15) is 5.92 Å². The molecule has 0 spiro atoms. The minimum atomic E-state index is -1.62. The zero-order valence-electron chi connectivity index (χ0n) is 12.2. The van der Waals surface area contributed by atoms with Crippen LogP contribution in [0.15, 0.2) is 36.2 Å². The fourth-order valence-electron chi connectivity index (χ4n) is 3.55. The number of allylic oxidation sites excluding steroid dienone is 1. The third-order valence-corrected chi connectivity index (χ3v) is 5.60. The summed E-state index contributed by atoms with van der Waals surface area (Å²) in [6.07, 6.45) is 5.29. The van der Waals surface area contributed by atoms with Gasteiger partial charge >= 0.3 is 0 Å². The molecule has 1 saturated carbocycles. The Morgan fingerprint density at radius 1 is 1.30 bits per heavy atom. The van der Waals surface area contributed by atoms with Crippen LogP contribution in [0.3, 0.4) is 0 Å². The second-order valence-electron chi connectivity index (χ2n) is 5.62. The monoisotopic (exact) mass is 319 g/mol. The number of thioether (sulfide) groups is 1. The van der Waals surface area contributed by atoms with E-state index in [1.54, 1.807) is 30.2 Å². The predicted molar refractivity (Wildman–Crippen MR) is 86.4 cm³/mol. The van der Waals surface area contributed by atoms with Gasteiger partial charge in [0.25, 0.3) is 0 Å². The van der Waals surface area contributed by atoms with Crippen molar-refractivity contribution < 1.29 is 0 Å². The molecular formula is C17H13N5S. The van der Waals surface area contributed by atoms with Gasteiger partial charge in [-0.2, -0.15) is 27.5 Å². The molecule has 5 nitrogen and oxygen atoms in total. The quantitative estimate of drug-likeness (QED) is 0.800. The molecule has 1 N–H and O–H groups in total. The molecule has 2 aliphatic rings. The molecule has 112 valence electrons. The molecule has 1 aromatic rings. The molecule has 1 fully saturated rings. The first kappa shape index (κ1) is 15.3. The molecule has 0 saturated heterocycles. The van der Waals surface area contributed by atoms with E-state index in [1.807, 2.05) is 12.1 Å². The number of hydrogen-bond acceptors (Lipinski definition) is 6. The molecule has 0 amide bonds. The summed E-state index contributed by atoms with van der Waals surface area (Å²) in [5.74, 6) is 0.178. The number of hydrogen-bond donors (Lipinski definition) is 1. The highest BCUT2D eigenvalue weighted by Crippen LogP contribution is 2.54. The standard InChI is InChI=1S/C17H13N5S/c18-6-13-12-3-5-23-8-14(12)15(11-2-1-4-22-7-11)17(9-19,10-20)16(13)21/h1-4,7,13-15,21H,5,8H2/t13-,14-,15+/m0/s1. The Labute approximate surface area is 138 Å². The molecule has 0 unspecified atom stereocenters. The lowest BCUT2D eigenvalue weighted by Gasteiger charge is -2.45. The zero-order chi connectivity index (χ0) is 16.4. The summed E-state index contributed by atoms with van der Waals surface area (Å²) < 4.78 is 0. The zero-order valence-corrected chi connectivity index (χ0v) is 13.0. The van der Waals surface area contributed by atoms with Crippen LogP contribution in [0.5, 0.6) is 0 Å². The molecule has 0 bridgehead atoms. The van der Waals surface area contributed by atoms with Crippen LogP contribution in [-0.4, -0.2) is 22.2 Å². The summed E-state index contributed by atoms with van der Waals surface area (Å²) in [6, 6.07) is 9.87. The van der Waals surface area contributed by atoms with Crippen LogP contribution < -0.4 is 0 Å². The van der Waals surface area contributed by atoms with E-state index >= 15 is 0 Å². The minimum Gasteiger partial charge on any atom is -0.305 e. The smallest absolute Gasteiger partial charge is 0.189 e. The average Bonchev–Trinajstić information content (AvgIpc) is 2.61. The van der Waals surface area contributed by atoms with Crippen molar-refractivity contribution in [2.45, 2.75) is 5.92 Å². The van der Waals surface area contributed by atoms with Crippen LogP contribution in [0.1, 0.15) is 11.5 Å². The van der Waals surface area contributed by atoms with E-state index in [4.69, 9.17) is 5.41 Å². The molecule has 1 aliphatic heterocycles. The molecule has 1 aliphatic carbocycles. The number of aromatic nitrogens is 1. The summed E-state index contributed by atoms with van der Waals surface area (Å²) in [5, 5.41) is 37.5. The van der Waals surface area contributed by atoms with E-state index in [0.29, 0.717) is 0 Å². The third kappa shape index (κ3) is 2.13. The number of rotatable bonds is 1. The van der Waals surface area contributed by atoms with Crippen molar-refractivity contribution in [3.05, 3.63) is 41.7 Å². The van der Waals surface area contributed by atoms with Crippen LogP contribution in [-0.2, 0) is 0 Å². The van der Waals surface area contributed by atoms with Crippen molar-refractivity contribution in [2.75, 3.05) is 11.5 Å². The van der Waals surface area contributed by atoms with Crippen molar-refractivity contribution in [3.63, 3.8) is 0 Å². The Kier molecular flexibility index (Phi) is 3.90. The fourth-order valence-corrected chi connectivity index (χ4v) is 4.63. The maximum absolute atomic E-state index is 9.78. The number of nitriles is 3. The topological polar surface area (TPSA) is 108 Å². The molecular weight excluding hydrogens is 306 g/mol. The fraction of sp³-hybridized carbons (Fsp3) is 0.353. The van der Waals surface area contributed by atoms with Gasteiger partial charge in [0.15, 0.2) is 5.41 Å². The van der Waals surface area contributed by atoms with Crippen LogP contribution in [0, 0.1) is 56.7 Å². The van der Waals surface area contributed by atoms with Gasteiger partial charge < -0.3 is 5.41 Å². The van der Waals surface area contributed by atoms with Crippen LogP contribution in [0.4, 0.5) is 0 Å². The van der Waals surface area contributed by atoms with Crippen molar-refractivity contribution in [3.8, 4) is 18.2 Å². The first-order valence-electron chi connectivity index (χ1n) is 7.18.